The van der Waals surface area contributed by atoms with Crippen molar-refractivity contribution in [1.82, 2.24) is 0 Å². The van der Waals surface area contributed by atoms with Gasteiger partial charge in [-0.2, -0.15) is 0 Å². The van der Waals surface area contributed by atoms with Crippen molar-refractivity contribution in [1.29, 1.82) is 0 Å². The third-order valence-corrected chi connectivity index (χ3v) is 6.87. The maximum Gasteiger partial charge on any atom is 0.338 e. The summed E-state index contributed by atoms with van der Waals surface area (Å²) < 4.78 is 11.1. The van der Waals surface area contributed by atoms with Crippen LogP contribution in [0.25, 0.3) is 0 Å². The Hall–Kier alpha value is -2.01. The maximum absolute atomic E-state index is 12.9. The fourth-order valence-electron chi connectivity index (χ4n) is 5.09. The van der Waals surface area contributed by atoms with Gasteiger partial charge >= 0.3 is 5.97 Å². The van der Waals surface area contributed by atoms with Crippen LogP contribution >= 0.6 is 0 Å². The van der Waals surface area contributed by atoms with E-state index in [-0.39, 0.29) is 28.7 Å². The fourth-order valence-corrected chi connectivity index (χ4v) is 5.09. The largest absolute Gasteiger partial charge is 0.504 e. The normalized spacial score (nSPS) is 32.5. The highest BCUT2D eigenvalue weighted by Crippen LogP contribution is 2.58. The standard InChI is InChI=1S/C23H32O5/c1-14(2)23(26)11-10-22(4)9-8-15(3)12-19(20(22)23)28-21(25)16-6-7-17(24)18(13-16)27-5/h6-8,13-14,19-20,24,26H,9-12H2,1-5H3/t19-,20+,22-,23+/m1/s1. The molecular formula is C23H32O5. The molecule has 0 unspecified atom stereocenters. The highest BCUT2D eigenvalue weighted by Gasteiger charge is 2.59. The summed E-state index contributed by atoms with van der Waals surface area (Å²) in [6.07, 6.45) is 4.98. The first-order chi connectivity index (χ1) is 13.1. The quantitative estimate of drug-likeness (QED) is 0.588. The molecule has 0 aliphatic heterocycles. The number of methoxy groups -OCH3 is 1. The van der Waals surface area contributed by atoms with E-state index in [1.54, 1.807) is 0 Å². The van der Waals surface area contributed by atoms with Gasteiger partial charge in [-0.25, -0.2) is 4.79 Å². The van der Waals surface area contributed by atoms with Crippen LogP contribution in [0.15, 0.2) is 29.8 Å². The molecule has 1 aromatic carbocycles. The Bertz CT molecular complexity index is 783. The summed E-state index contributed by atoms with van der Waals surface area (Å²) in [6.45, 7) is 8.35. The zero-order chi connectivity index (χ0) is 20.7. The van der Waals surface area contributed by atoms with E-state index in [0.717, 1.165) is 19.3 Å². The number of hydrogen-bond donors (Lipinski definition) is 2. The van der Waals surface area contributed by atoms with Gasteiger partial charge in [0, 0.05) is 12.3 Å². The first-order valence-corrected chi connectivity index (χ1v) is 10.1. The third kappa shape index (κ3) is 3.52. The molecule has 1 saturated carbocycles. The van der Waals surface area contributed by atoms with Crippen LogP contribution in [-0.4, -0.2) is 35.0 Å². The Morgan fingerprint density at radius 2 is 2.00 bits per heavy atom. The Balaban J connectivity index is 1.93. The molecule has 2 aliphatic carbocycles. The second-order valence-corrected chi connectivity index (χ2v) is 9.07. The number of esters is 1. The predicted octanol–water partition coefficient (Wildman–Crippen LogP) is 4.47. The molecule has 154 valence electrons. The van der Waals surface area contributed by atoms with Crippen LogP contribution in [0.2, 0.25) is 0 Å². The molecule has 4 atom stereocenters. The van der Waals surface area contributed by atoms with Crippen molar-refractivity contribution in [3.8, 4) is 11.5 Å². The van der Waals surface area contributed by atoms with E-state index in [2.05, 4.69) is 19.9 Å². The minimum absolute atomic E-state index is 0.0233. The number of fused-ring (bicyclic) bond motifs is 1. The number of ether oxygens (including phenoxy) is 2. The third-order valence-electron chi connectivity index (χ3n) is 6.87. The minimum atomic E-state index is -0.856. The van der Waals surface area contributed by atoms with Crippen molar-refractivity contribution in [3.05, 3.63) is 35.4 Å². The molecule has 1 fully saturated rings. The van der Waals surface area contributed by atoms with Crippen LogP contribution in [0.5, 0.6) is 11.5 Å². The molecule has 0 bridgehead atoms. The van der Waals surface area contributed by atoms with Gasteiger partial charge in [-0.3, -0.25) is 0 Å². The van der Waals surface area contributed by atoms with Gasteiger partial charge in [0.15, 0.2) is 11.5 Å². The van der Waals surface area contributed by atoms with Crippen molar-refractivity contribution in [2.24, 2.45) is 17.3 Å². The second-order valence-electron chi connectivity index (χ2n) is 9.07. The number of carbonyl (C=O) groups is 1. The van der Waals surface area contributed by atoms with Gasteiger partial charge < -0.3 is 19.7 Å². The summed E-state index contributed by atoms with van der Waals surface area (Å²) >= 11 is 0. The highest BCUT2D eigenvalue weighted by molar-refractivity contribution is 5.90. The van der Waals surface area contributed by atoms with Crippen molar-refractivity contribution >= 4 is 5.97 Å². The average Bonchev–Trinajstić information content (AvgIpc) is 2.85. The maximum atomic E-state index is 12.9. The lowest BCUT2D eigenvalue weighted by Gasteiger charge is -2.43. The zero-order valence-corrected chi connectivity index (χ0v) is 17.5. The summed E-state index contributed by atoms with van der Waals surface area (Å²) in [5, 5.41) is 21.3. The predicted molar refractivity (Wildman–Crippen MR) is 107 cm³/mol. The molecule has 5 heteroatoms. The number of aliphatic hydroxyl groups is 1. The highest BCUT2D eigenvalue weighted by atomic mass is 16.5. The Kier molecular flexibility index (Phi) is 5.50. The number of rotatable bonds is 4. The molecule has 0 spiro atoms. The van der Waals surface area contributed by atoms with E-state index >= 15 is 0 Å². The molecule has 0 heterocycles. The summed E-state index contributed by atoms with van der Waals surface area (Å²) in [5.74, 6) is -0.302. The summed E-state index contributed by atoms with van der Waals surface area (Å²) in [5.41, 5.74) is 0.551. The lowest BCUT2D eigenvalue weighted by atomic mass is 9.67. The molecule has 5 nitrogen and oxygen atoms in total. The summed E-state index contributed by atoms with van der Waals surface area (Å²) in [6, 6.07) is 4.44. The van der Waals surface area contributed by atoms with Crippen LogP contribution in [-0.2, 0) is 4.74 Å². The molecule has 0 saturated heterocycles. The van der Waals surface area contributed by atoms with Crippen LogP contribution in [0.3, 0.4) is 0 Å². The average molecular weight is 389 g/mol. The molecule has 2 aliphatic rings. The number of aromatic hydroxyl groups is 1. The van der Waals surface area contributed by atoms with Crippen molar-refractivity contribution in [2.75, 3.05) is 7.11 Å². The molecular weight excluding hydrogens is 356 g/mol. The first kappa shape index (κ1) is 20.7. The fraction of sp³-hybridized carbons (Fsp3) is 0.609. The van der Waals surface area contributed by atoms with Gasteiger partial charge in [0.1, 0.15) is 6.10 Å². The Morgan fingerprint density at radius 1 is 1.29 bits per heavy atom. The molecule has 0 aromatic heterocycles. The van der Waals surface area contributed by atoms with Gasteiger partial charge in [0.25, 0.3) is 0 Å². The molecule has 1 aromatic rings. The second kappa shape index (κ2) is 7.43. The van der Waals surface area contributed by atoms with Crippen molar-refractivity contribution in [3.63, 3.8) is 0 Å². The summed E-state index contributed by atoms with van der Waals surface area (Å²) in [7, 11) is 1.44. The van der Waals surface area contributed by atoms with E-state index in [4.69, 9.17) is 9.47 Å². The number of carbonyl (C=O) groups excluding carboxylic acids is 1. The molecule has 2 N–H and O–H groups in total. The molecule has 0 radical (unpaired) electrons. The van der Waals surface area contributed by atoms with Crippen LogP contribution in [0.1, 0.15) is 63.7 Å². The number of allylic oxidation sites excluding steroid dienone is 1. The van der Waals surface area contributed by atoms with Crippen LogP contribution in [0.4, 0.5) is 0 Å². The van der Waals surface area contributed by atoms with Gasteiger partial charge in [0.05, 0.1) is 18.3 Å². The van der Waals surface area contributed by atoms with Gasteiger partial charge in [-0.1, -0.05) is 32.4 Å². The lowest BCUT2D eigenvalue weighted by Crippen LogP contribution is -2.50. The Morgan fingerprint density at radius 3 is 2.64 bits per heavy atom. The number of hydrogen-bond acceptors (Lipinski definition) is 5. The van der Waals surface area contributed by atoms with E-state index in [1.165, 1.54) is 30.9 Å². The van der Waals surface area contributed by atoms with E-state index < -0.39 is 17.7 Å². The van der Waals surface area contributed by atoms with E-state index in [1.807, 2.05) is 13.8 Å². The minimum Gasteiger partial charge on any atom is -0.504 e. The van der Waals surface area contributed by atoms with Crippen molar-refractivity contribution in [2.45, 2.75) is 65.1 Å². The number of benzene rings is 1. The van der Waals surface area contributed by atoms with Crippen molar-refractivity contribution < 1.29 is 24.5 Å². The van der Waals surface area contributed by atoms with Gasteiger partial charge in [-0.05, 0) is 55.7 Å². The molecule has 28 heavy (non-hydrogen) atoms. The van der Waals surface area contributed by atoms with Gasteiger partial charge in [0.2, 0.25) is 0 Å². The molecule has 3 rings (SSSR count). The lowest BCUT2D eigenvalue weighted by molar-refractivity contribution is -0.112. The Labute approximate surface area is 167 Å². The van der Waals surface area contributed by atoms with Crippen LogP contribution < -0.4 is 4.74 Å². The van der Waals surface area contributed by atoms with Gasteiger partial charge in [-0.15, -0.1) is 0 Å². The number of phenolic OH excluding ortho intramolecular Hbond substituents is 1. The SMILES string of the molecule is COc1cc(C(=O)O[C@@H]2CC(C)=CC[C@]3(C)CC[C@](O)(C(C)C)[C@@H]23)ccc1O. The zero-order valence-electron chi connectivity index (χ0n) is 17.5. The van der Waals surface area contributed by atoms with E-state index in [9.17, 15) is 15.0 Å². The summed E-state index contributed by atoms with van der Waals surface area (Å²) in [4.78, 5) is 12.9. The van der Waals surface area contributed by atoms with E-state index in [0.29, 0.717) is 12.0 Å². The van der Waals surface area contributed by atoms with Crippen LogP contribution in [0, 0.1) is 17.3 Å². The smallest absolute Gasteiger partial charge is 0.338 e. The topological polar surface area (TPSA) is 76.0 Å². The first-order valence-electron chi connectivity index (χ1n) is 10.1. The monoisotopic (exact) mass is 388 g/mol. The number of phenols is 1. The molecule has 0 amide bonds.